The van der Waals surface area contributed by atoms with Crippen molar-refractivity contribution in [2.45, 2.75) is 27.3 Å². The van der Waals surface area contributed by atoms with E-state index in [2.05, 4.69) is 9.80 Å². The molecule has 7 heteroatoms. The molecule has 0 aliphatic carbocycles. The Balaban J connectivity index is 1.52. The fraction of sp³-hybridized carbons (Fsp3) is 0.455. The number of carbonyl (C=O) groups is 1. The van der Waals surface area contributed by atoms with Gasteiger partial charge in [-0.2, -0.15) is 0 Å². The lowest BCUT2D eigenvalue weighted by Crippen LogP contribution is -2.46. The largest absolute Gasteiger partial charge is 0.479 e. The summed E-state index contributed by atoms with van der Waals surface area (Å²) in [5.41, 5.74) is 0.192. The van der Waals surface area contributed by atoms with Crippen LogP contribution in [0.25, 0.3) is 0 Å². The zero-order valence-electron chi connectivity index (χ0n) is 17.1. The molecule has 0 unspecified atom stereocenters. The molecule has 2 aromatic rings. The predicted octanol–water partition coefficient (Wildman–Crippen LogP) is 3.10. The Hall–Kier alpha value is -2.67. The number of piperazine rings is 1. The number of benzene rings is 1. The molecule has 29 heavy (non-hydrogen) atoms. The molecule has 0 radical (unpaired) electrons. The van der Waals surface area contributed by atoms with Gasteiger partial charge in [-0.05, 0) is 24.3 Å². The van der Waals surface area contributed by atoms with Crippen LogP contribution in [-0.4, -0.2) is 43.5 Å². The second kappa shape index (κ2) is 8.78. The van der Waals surface area contributed by atoms with E-state index in [0.717, 1.165) is 31.9 Å². The molecule has 6 nitrogen and oxygen atoms in total. The Bertz CT molecular complexity index is 894. The van der Waals surface area contributed by atoms with Gasteiger partial charge >= 0.3 is 0 Å². The Labute approximate surface area is 169 Å². The number of hydrogen-bond donors (Lipinski definition) is 0. The van der Waals surface area contributed by atoms with Gasteiger partial charge in [-0.1, -0.05) is 20.8 Å². The van der Waals surface area contributed by atoms with E-state index in [0.29, 0.717) is 12.3 Å². The molecule has 0 bridgehead atoms. The van der Waals surface area contributed by atoms with Gasteiger partial charge in [0.2, 0.25) is 11.2 Å². The van der Waals surface area contributed by atoms with Gasteiger partial charge < -0.3 is 14.1 Å². The number of nitrogens with zero attached hydrogens (tertiary/aromatic N) is 2. The van der Waals surface area contributed by atoms with E-state index in [1.807, 2.05) is 0 Å². The maximum atomic E-state index is 13.1. The fourth-order valence-electron chi connectivity index (χ4n) is 3.02. The first kappa shape index (κ1) is 21.0. The summed E-state index contributed by atoms with van der Waals surface area (Å²) in [6, 6.07) is 7.92. The first-order chi connectivity index (χ1) is 13.7. The van der Waals surface area contributed by atoms with Crippen LogP contribution in [0, 0.1) is 11.2 Å². The van der Waals surface area contributed by atoms with Gasteiger partial charge in [-0.25, -0.2) is 4.39 Å². The molecular weight excluding hydrogens is 375 g/mol. The number of rotatable bonds is 6. The number of carbonyl (C=O) groups excluding carboxylic acids is 1. The minimum atomic E-state index is -0.518. The summed E-state index contributed by atoms with van der Waals surface area (Å²) in [5, 5.41) is 0. The van der Waals surface area contributed by atoms with Gasteiger partial charge in [0.05, 0.1) is 6.54 Å². The molecule has 1 aliphatic heterocycles. The van der Waals surface area contributed by atoms with Crippen LogP contribution in [0.3, 0.4) is 0 Å². The molecule has 3 rings (SSSR count). The zero-order valence-corrected chi connectivity index (χ0v) is 17.1. The van der Waals surface area contributed by atoms with Gasteiger partial charge in [0, 0.05) is 43.3 Å². The minimum absolute atomic E-state index is 0.0486. The summed E-state index contributed by atoms with van der Waals surface area (Å²) in [6.45, 7) is 9.02. The molecule has 1 fully saturated rings. The lowest BCUT2D eigenvalue weighted by atomic mass is 9.91. The molecular formula is C22H27FN2O4. The van der Waals surface area contributed by atoms with Crippen LogP contribution < -0.4 is 15.1 Å². The SMILES string of the molecule is CC(C)(C)C(=O)COc1coc(CN2CCN(c3ccc(F)cc3)CC2)cc1=O. The highest BCUT2D eigenvalue weighted by atomic mass is 19.1. The fourth-order valence-corrected chi connectivity index (χ4v) is 3.02. The standard InChI is InChI=1S/C22H27FN2O4/c1-22(2,3)21(27)15-29-20-14-28-18(12-19(20)26)13-24-8-10-25(11-9-24)17-6-4-16(23)5-7-17/h4-7,12,14H,8-11,13,15H2,1-3H3. The van der Waals surface area contributed by atoms with Crippen molar-refractivity contribution in [3.05, 3.63) is 58.4 Å². The van der Waals surface area contributed by atoms with Crippen molar-refractivity contribution >= 4 is 11.5 Å². The molecule has 0 atom stereocenters. The molecule has 0 saturated carbocycles. The highest BCUT2D eigenvalue weighted by Crippen LogP contribution is 2.18. The molecule has 0 spiro atoms. The van der Waals surface area contributed by atoms with Gasteiger partial charge in [0.15, 0.2) is 5.78 Å². The van der Waals surface area contributed by atoms with Crippen LogP contribution >= 0.6 is 0 Å². The highest BCUT2D eigenvalue weighted by molar-refractivity contribution is 5.85. The molecule has 1 aliphatic rings. The summed E-state index contributed by atoms with van der Waals surface area (Å²) in [4.78, 5) is 28.6. The summed E-state index contributed by atoms with van der Waals surface area (Å²) in [6.07, 6.45) is 1.28. The third-order valence-corrected chi connectivity index (χ3v) is 4.99. The Morgan fingerprint density at radius 1 is 1.14 bits per heavy atom. The third kappa shape index (κ3) is 5.67. The van der Waals surface area contributed by atoms with Crippen molar-refractivity contribution in [1.82, 2.24) is 4.90 Å². The minimum Gasteiger partial charge on any atom is -0.479 e. The van der Waals surface area contributed by atoms with Crippen LogP contribution in [0.15, 0.2) is 45.8 Å². The van der Waals surface area contributed by atoms with Gasteiger partial charge in [0.1, 0.15) is 24.4 Å². The molecule has 1 saturated heterocycles. The van der Waals surface area contributed by atoms with E-state index in [-0.39, 0.29) is 29.4 Å². The third-order valence-electron chi connectivity index (χ3n) is 4.99. The van der Waals surface area contributed by atoms with Crippen molar-refractivity contribution in [2.24, 2.45) is 5.41 Å². The van der Waals surface area contributed by atoms with Crippen molar-refractivity contribution in [1.29, 1.82) is 0 Å². The Kier molecular flexibility index (Phi) is 6.37. The predicted molar refractivity (Wildman–Crippen MR) is 109 cm³/mol. The normalized spacial score (nSPS) is 15.4. The van der Waals surface area contributed by atoms with E-state index in [1.165, 1.54) is 24.5 Å². The molecule has 156 valence electrons. The van der Waals surface area contributed by atoms with Gasteiger partial charge in [-0.3, -0.25) is 14.5 Å². The number of anilines is 1. The van der Waals surface area contributed by atoms with Crippen LogP contribution in [0.5, 0.6) is 5.75 Å². The number of ether oxygens (including phenoxy) is 1. The average Bonchev–Trinajstić information content (AvgIpc) is 2.68. The second-order valence-electron chi connectivity index (χ2n) is 8.28. The van der Waals surface area contributed by atoms with Crippen LogP contribution in [-0.2, 0) is 11.3 Å². The van der Waals surface area contributed by atoms with Crippen LogP contribution in [0.1, 0.15) is 26.5 Å². The lowest BCUT2D eigenvalue weighted by molar-refractivity contribution is -0.128. The van der Waals surface area contributed by atoms with E-state index >= 15 is 0 Å². The number of Topliss-reactive ketones (excluding diaryl/α,β-unsaturated/α-hetero) is 1. The van der Waals surface area contributed by atoms with Gasteiger partial charge in [0.25, 0.3) is 0 Å². The first-order valence-electron chi connectivity index (χ1n) is 9.73. The quantitative estimate of drug-likeness (QED) is 0.740. The number of halogens is 1. The maximum Gasteiger partial charge on any atom is 0.227 e. The van der Waals surface area contributed by atoms with Crippen LogP contribution in [0.2, 0.25) is 0 Å². The maximum absolute atomic E-state index is 13.1. The molecule has 2 heterocycles. The first-order valence-corrected chi connectivity index (χ1v) is 9.73. The van der Waals surface area contributed by atoms with E-state index in [1.54, 1.807) is 32.9 Å². The summed E-state index contributed by atoms with van der Waals surface area (Å²) in [5.74, 6) is 0.282. The Morgan fingerprint density at radius 2 is 1.79 bits per heavy atom. The number of ketones is 1. The van der Waals surface area contributed by atoms with Gasteiger partial charge in [-0.15, -0.1) is 0 Å². The topological polar surface area (TPSA) is 63.0 Å². The van der Waals surface area contributed by atoms with E-state index in [9.17, 15) is 14.0 Å². The molecule has 1 aromatic heterocycles. The molecule has 0 amide bonds. The number of hydrogen-bond acceptors (Lipinski definition) is 6. The van der Waals surface area contributed by atoms with Crippen molar-refractivity contribution < 1.29 is 18.3 Å². The van der Waals surface area contributed by atoms with Crippen molar-refractivity contribution in [3.8, 4) is 5.75 Å². The van der Waals surface area contributed by atoms with Crippen molar-refractivity contribution in [2.75, 3.05) is 37.7 Å². The molecule has 0 N–H and O–H groups in total. The average molecular weight is 402 g/mol. The monoisotopic (exact) mass is 402 g/mol. The van der Waals surface area contributed by atoms with Crippen LogP contribution in [0.4, 0.5) is 10.1 Å². The van der Waals surface area contributed by atoms with E-state index < -0.39 is 5.41 Å². The summed E-state index contributed by atoms with van der Waals surface area (Å²) < 4.78 is 24.0. The summed E-state index contributed by atoms with van der Waals surface area (Å²) in [7, 11) is 0. The summed E-state index contributed by atoms with van der Waals surface area (Å²) >= 11 is 0. The lowest BCUT2D eigenvalue weighted by Gasteiger charge is -2.35. The smallest absolute Gasteiger partial charge is 0.227 e. The highest BCUT2D eigenvalue weighted by Gasteiger charge is 2.22. The molecule has 1 aromatic carbocycles. The zero-order chi connectivity index (χ0) is 21.0. The van der Waals surface area contributed by atoms with E-state index in [4.69, 9.17) is 9.15 Å². The van der Waals surface area contributed by atoms with Crippen molar-refractivity contribution in [3.63, 3.8) is 0 Å². The second-order valence-corrected chi connectivity index (χ2v) is 8.28. The Morgan fingerprint density at radius 3 is 2.38 bits per heavy atom.